The summed E-state index contributed by atoms with van der Waals surface area (Å²) < 4.78 is 26.6. The van der Waals surface area contributed by atoms with Crippen molar-refractivity contribution in [1.82, 2.24) is 0 Å². The van der Waals surface area contributed by atoms with Crippen LogP contribution in [0.5, 0.6) is 0 Å². The third-order valence-electron chi connectivity index (χ3n) is 5.59. The van der Waals surface area contributed by atoms with Crippen molar-refractivity contribution in [3.05, 3.63) is 0 Å². The maximum absolute atomic E-state index is 13.3. The van der Waals surface area contributed by atoms with Gasteiger partial charge in [0, 0.05) is 6.42 Å². The maximum Gasteiger partial charge on any atom is 0.268 e. The highest BCUT2D eigenvalue weighted by Crippen LogP contribution is 2.69. The van der Waals surface area contributed by atoms with Crippen LogP contribution in [0.2, 0.25) is 0 Å². The third kappa shape index (κ3) is 1.01. The number of hydrogen-bond acceptors (Lipinski definition) is 1. The van der Waals surface area contributed by atoms with Crippen LogP contribution >= 0.6 is 0 Å². The summed E-state index contributed by atoms with van der Waals surface area (Å²) in [5.41, 5.74) is 4.99. The summed E-state index contributed by atoms with van der Waals surface area (Å²) in [5.74, 6) is -1.33. The van der Waals surface area contributed by atoms with Crippen molar-refractivity contribution < 1.29 is 8.78 Å². The van der Waals surface area contributed by atoms with Crippen LogP contribution in [0.1, 0.15) is 39.5 Å². The van der Waals surface area contributed by atoms with Crippen LogP contribution in [0, 0.1) is 23.2 Å². The first-order valence-corrected chi connectivity index (χ1v) is 5.96. The van der Waals surface area contributed by atoms with Crippen molar-refractivity contribution in [3.8, 4) is 0 Å². The van der Waals surface area contributed by atoms with Crippen LogP contribution in [0.25, 0.3) is 0 Å². The first-order valence-electron chi connectivity index (χ1n) is 5.96. The molecule has 2 N–H and O–H groups in total. The molecule has 0 saturated heterocycles. The van der Waals surface area contributed by atoms with Gasteiger partial charge in [-0.2, -0.15) is 0 Å². The first-order chi connectivity index (χ1) is 6.79. The zero-order valence-electron chi connectivity index (χ0n) is 9.39. The van der Waals surface area contributed by atoms with Crippen LogP contribution in [0.4, 0.5) is 8.78 Å². The molecule has 86 valence electrons. The van der Waals surface area contributed by atoms with E-state index in [9.17, 15) is 8.78 Å². The van der Waals surface area contributed by atoms with E-state index in [4.69, 9.17) is 5.73 Å². The van der Waals surface area contributed by atoms with Gasteiger partial charge >= 0.3 is 0 Å². The van der Waals surface area contributed by atoms with Gasteiger partial charge in [-0.15, -0.1) is 0 Å². The summed E-state index contributed by atoms with van der Waals surface area (Å²) in [6.07, 6.45) is 3.07. The highest BCUT2D eigenvalue weighted by Gasteiger charge is 2.75. The lowest BCUT2D eigenvalue weighted by molar-refractivity contribution is -0.124. The van der Waals surface area contributed by atoms with E-state index in [1.165, 1.54) is 0 Å². The van der Waals surface area contributed by atoms with E-state index in [1.54, 1.807) is 0 Å². The van der Waals surface area contributed by atoms with E-state index in [1.807, 2.05) is 0 Å². The second-order valence-electron chi connectivity index (χ2n) is 6.47. The van der Waals surface area contributed by atoms with E-state index in [-0.39, 0.29) is 17.8 Å². The first kappa shape index (κ1) is 10.0. The Labute approximate surface area is 89.4 Å². The Kier molecular flexibility index (Phi) is 1.59. The molecule has 0 spiro atoms. The second kappa shape index (κ2) is 2.39. The van der Waals surface area contributed by atoms with Gasteiger partial charge in [-0.25, -0.2) is 8.78 Å². The molecular weight excluding hydrogens is 196 g/mol. The van der Waals surface area contributed by atoms with E-state index in [0.29, 0.717) is 5.92 Å². The van der Waals surface area contributed by atoms with Gasteiger partial charge in [-0.05, 0) is 42.4 Å². The number of alkyl halides is 2. The highest BCUT2D eigenvalue weighted by molar-refractivity contribution is 5.23. The Morgan fingerprint density at radius 3 is 2.13 bits per heavy atom. The molecule has 0 radical (unpaired) electrons. The minimum absolute atomic E-state index is 0.0625. The van der Waals surface area contributed by atoms with Gasteiger partial charge < -0.3 is 5.73 Å². The zero-order valence-corrected chi connectivity index (χ0v) is 9.39. The fourth-order valence-electron chi connectivity index (χ4n) is 4.15. The van der Waals surface area contributed by atoms with Gasteiger partial charge in [0.25, 0.3) is 5.92 Å². The summed E-state index contributed by atoms with van der Waals surface area (Å²) in [7, 11) is 0. The van der Waals surface area contributed by atoms with Crippen molar-refractivity contribution >= 4 is 0 Å². The van der Waals surface area contributed by atoms with Crippen LogP contribution in [0.3, 0.4) is 0 Å². The number of halogens is 2. The Balaban J connectivity index is 1.84. The van der Waals surface area contributed by atoms with E-state index >= 15 is 0 Å². The van der Waals surface area contributed by atoms with E-state index < -0.39 is 11.5 Å². The number of rotatable bonds is 1. The molecule has 3 heteroatoms. The largest absolute Gasteiger partial charge is 0.320 e. The predicted octanol–water partition coefficient (Wildman–Crippen LogP) is 2.80. The lowest BCUT2D eigenvalue weighted by Crippen LogP contribution is -2.58. The maximum atomic E-state index is 13.3. The Hall–Kier alpha value is -0.180. The molecule has 0 aliphatic heterocycles. The van der Waals surface area contributed by atoms with E-state index in [0.717, 1.165) is 25.2 Å². The molecule has 4 rings (SSSR count). The van der Waals surface area contributed by atoms with Crippen molar-refractivity contribution in [1.29, 1.82) is 0 Å². The second-order valence-corrected chi connectivity index (χ2v) is 6.47. The molecule has 4 fully saturated rings. The van der Waals surface area contributed by atoms with Gasteiger partial charge in [-0.1, -0.05) is 13.8 Å². The molecular formula is C12H19F2N. The summed E-state index contributed by atoms with van der Waals surface area (Å²) in [6.45, 7) is 4.45. The molecule has 0 aromatic carbocycles. The molecule has 0 aromatic heterocycles. The van der Waals surface area contributed by atoms with Gasteiger partial charge in [0.15, 0.2) is 0 Å². The van der Waals surface area contributed by atoms with Crippen molar-refractivity contribution in [2.24, 2.45) is 28.9 Å². The summed E-state index contributed by atoms with van der Waals surface area (Å²) >= 11 is 0. The van der Waals surface area contributed by atoms with Gasteiger partial charge in [0.2, 0.25) is 0 Å². The quantitative estimate of drug-likeness (QED) is 0.715. The van der Waals surface area contributed by atoms with Crippen molar-refractivity contribution in [2.45, 2.75) is 51.0 Å². The Bertz CT molecular complexity index is 311. The molecule has 2 bridgehead atoms. The van der Waals surface area contributed by atoms with Crippen LogP contribution in [0.15, 0.2) is 0 Å². The molecule has 4 atom stereocenters. The van der Waals surface area contributed by atoms with Gasteiger partial charge in [-0.3, -0.25) is 0 Å². The van der Waals surface area contributed by atoms with Gasteiger partial charge in [0.05, 0.1) is 5.54 Å². The van der Waals surface area contributed by atoms with Crippen LogP contribution < -0.4 is 5.73 Å². The minimum Gasteiger partial charge on any atom is -0.320 e. The van der Waals surface area contributed by atoms with Gasteiger partial charge in [0.1, 0.15) is 0 Å². The zero-order chi connectivity index (χ0) is 11.1. The highest BCUT2D eigenvalue weighted by atomic mass is 19.3. The average Bonchev–Trinajstić information content (AvgIpc) is 2.67. The molecule has 4 aliphatic rings. The molecule has 0 amide bonds. The SMILES string of the molecule is CC1(C)C2CCC(C3(N)CC3(F)F)C1C2. The normalized spacial score (nSPS) is 54.6. The molecule has 15 heavy (non-hydrogen) atoms. The third-order valence-corrected chi connectivity index (χ3v) is 5.59. The lowest BCUT2D eigenvalue weighted by Gasteiger charge is -2.61. The number of fused-ring (bicyclic) bond motifs is 2. The van der Waals surface area contributed by atoms with Crippen LogP contribution in [-0.2, 0) is 0 Å². The average molecular weight is 215 g/mol. The molecule has 0 heterocycles. The standard InChI is InChI=1S/C12H19F2N/c1-10(2)7-3-4-8(9(10)5-7)11(15)6-12(11,13)14/h7-9H,3-6,15H2,1-2H3. The summed E-state index contributed by atoms with van der Waals surface area (Å²) in [6, 6.07) is 0. The predicted molar refractivity (Wildman–Crippen MR) is 54.6 cm³/mol. The smallest absolute Gasteiger partial charge is 0.268 e. The number of nitrogens with two attached hydrogens (primary N) is 1. The molecule has 4 saturated carbocycles. The van der Waals surface area contributed by atoms with Crippen molar-refractivity contribution in [3.63, 3.8) is 0 Å². The molecule has 0 aromatic rings. The lowest BCUT2D eigenvalue weighted by atomic mass is 9.44. The van der Waals surface area contributed by atoms with E-state index in [2.05, 4.69) is 13.8 Å². The van der Waals surface area contributed by atoms with Crippen molar-refractivity contribution in [2.75, 3.05) is 0 Å². The minimum atomic E-state index is -2.59. The Morgan fingerprint density at radius 2 is 1.73 bits per heavy atom. The Morgan fingerprint density at radius 1 is 1.13 bits per heavy atom. The summed E-state index contributed by atoms with van der Waals surface area (Å²) in [4.78, 5) is 0. The summed E-state index contributed by atoms with van der Waals surface area (Å²) in [5, 5.41) is 0. The topological polar surface area (TPSA) is 26.0 Å². The molecule has 4 unspecified atom stereocenters. The molecule has 4 aliphatic carbocycles. The fraction of sp³-hybridized carbons (Fsp3) is 1.00. The number of hydrogen-bond donors (Lipinski definition) is 1. The van der Waals surface area contributed by atoms with Crippen LogP contribution in [-0.4, -0.2) is 11.5 Å². The fourth-order valence-corrected chi connectivity index (χ4v) is 4.15. The monoisotopic (exact) mass is 215 g/mol. The molecule has 1 nitrogen and oxygen atoms in total.